The van der Waals surface area contributed by atoms with Crippen LogP contribution in [0.5, 0.6) is 5.75 Å². The van der Waals surface area contributed by atoms with E-state index < -0.39 is 18.0 Å². The van der Waals surface area contributed by atoms with E-state index in [4.69, 9.17) is 9.15 Å². The first-order chi connectivity index (χ1) is 12.2. The van der Waals surface area contributed by atoms with Gasteiger partial charge in [-0.15, -0.1) is 0 Å². The maximum absolute atomic E-state index is 12.5. The highest BCUT2D eigenvalue weighted by Gasteiger charge is 2.37. The number of hydrogen-bond acceptors (Lipinski definition) is 6. The third kappa shape index (κ3) is 3.37. The molecule has 0 spiro atoms. The van der Waals surface area contributed by atoms with Gasteiger partial charge >= 0.3 is 11.9 Å². The Morgan fingerprint density at radius 3 is 2.46 bits per heavy atom. The summed E-state index contributed by atoms with van der Waals surface area (Å²) >= 11 is 0. The summed E-state index contributed by atoms with van der Waals surface area (Å²) in [5, 5.41) is 10.4. The standard InChI is InChI=1S/C20H22O6/c1-11-16-14(21)9-20(2,3)10-15(16)26-17(11)19(23)25-13-7-5-12(6-8-13)18(22)24-4/h5-8,14,21H,9-10H2,1-4H3. The number of benzene rings is 1. The van der Waals surface area contributed by atoms with Crippen LogP contribution < -0.4 is 4.74 Å². The Hall–Kier alpha value is -2.60. The molecule has 1 unspecified atom stereocenters. The van der Waals surface area contributed by atoms with E-state index in [0.717, 1.165) is 0 Å². The number of carbonyl (C=O) groups is 2. The number of furan rings is 1. The van der Waals surface area contributed by atoms with Crippen molar-refractivity contribution >= 4 is 11.9 Å². The van der Waals surface area contributed by atoms with Gasteiger partial charge in [0, 0.05) is 17.5 Å². The average molecular weight is 358 g/mol. The highest BCUT2D eigenvalue weighted by atomic mass is 16.5. The molecule has 26 heavy (non-hydrogen) atoms. The first kappa shape index (κ1) is 18.2. The molecule has 3 rings (SSSR count). The van der Waals surface area contributed by atoms with Crippen LogP contribution in [0.25, 0.3) is 0 Å². The van der Waals surface area contributed by atoms with Gasteiger partial charge in [0.05, 0.1) is 18.8 Å². The molecule has 1 N–H and O–H groups in total. The van der Waals surface area contributed by atoms with Crippen molar-refractivity contribution < 1.29 is 28.6 Å². The SMILES string of the molecule is COC(=O)c1ccc(OC(=O)c2oc3c(c2C)C(O)CC(C)(C)C3)cc1. The van der Waals surface area contributed by atoms with Crippen molar-refractivity contribution in [3.8, 4) is 5.75 Å². The molecule has 1 atom stereocenters. The van der Waals surface area contributed by atoms with Crippen molar-refractivity contribution in [3.63, 3.8) is 0 Å². The van der Waals surface area contributed by atoms with Gasteiger partial charge in [-0.1, -0.05) is 13.8 Å². The molecule has 1 aromatic heterocycles. The van der Waals surface area contributed by atoms with Crippen molar-refractivity contribution in [1.82, 2.24) is 0 Å². The second-order valence-electron chi connectivity index (χ2n) is 7.36. The lowest BCUT2D eigenvalue weighted by Crippen LogP contribution is -2.24. The molecule has 1 aliphatic carbocycles. The molecule has 0 aliphatic heterocycles. The number of esters is 2. The molecular weight excluding hydrogens is 336 g/mol. The molecule has 1 heterocycles. The van der Waals surface area contributed by atoms with Gasteiger partial charge in [0.15, 0.2) is 0 Å². The van der Waals surface area contributed by atoms with E-state index >= 15 is 0 Å². The predicted octanol–water partition coefficient (Wildman–Crippen LogP) is 3.60. The summed E-state index contributed by atoms with van der Waals surface area (Å²) in [6.45, 7) is 5.86. The molecule has 2 aromatic rings. The minimum atomic E-state index is -0.654. The smallest absolute Gasteiger partial charge is 0.379 e. The molecule has 0 radical (unpaired) electrons. The van der Waals surface area contributed by atoms with Crippen LogP contribution in [-0.2, 0) is 11.2 Å². The lowest BCUT2D eigenvalue weighted by molar-refractivity contribution is 0.0600. The highest BCUT2D eigenvalue weighted by Crippen LogP contribution is 2.44. The van der Waals surface area contributed by atoms with Crippen LogP contribution in [0.3, 0.4) is 0 Å². The van der Waals surface area contributed by atoms with Crippen LogP contribution in [0, 0.1) is 12.3 Å². The third-order valence-electron chi connectivity index (χ3n) is 4.66. The zero-order valence-electron chi connectivity index (χ0n) is 15.3. The van der Waals surface area contributed by atoms with Gasteiger partial charge in [0.1, 0.15) is 11.5 Å². The number of carbonyl (C=O) groups excluding carboxylic acids is 2. The molecule has 6 nitrogen and oxygen atoms in total. The van der Waals surface area contributed by atoms with Crippen LogP contribution >= 0.6 is 0 Å². The Labute approximate surface area is 151 Å². The molecule has 0 saturated carbocycles. The maximum atomic E-state index is 12.5. The second kappa shape index (κ2) is 6.61. The van der Waals surface area contributed by atoms with Gasteiger partial charge in [-0.3, -0.25) is 0 Å². The first-order valence-corrected chi connectivity index (χ1v) is 8.42. The largest absolute Gasteiger partial charge is 0.465 e. The van der Waals surface area contributed by atoms with E-state index in [-0.39, 0.29) is 16.9 Å². The van der Waals surface area contributed by atoms with Crippen LogP contribution in [0.4, 0.5) is 0 Å². The van der Waals surface area contributed by atoms with Crippen molar-refractivity contribution in [2.24, 2.45) is 5.41 Å². The summed E-state index contributed by atoms with van der Waals surface area (Å²) in [6, 6.07) is 6.06. The van der Waals surface area contributed by atoms with Crippen LogP contribution in [0.1, 0.15) is 64.2 Å². The number of ether oxygens (including phenoxy) is 2. The van der Waals surface area contributed by atoms with Gasteiger partial charge in [0.25, 0.3) is 0 Å². The van der Waals surface area contributed by atoms with Gasteiger partial charge < -0.3 is 19.0 Å². The van der Waals surface area contributed by atoms with Crippen molar-refractivity contribution in [1.29, 1.82) is 0 Å². The Morgan fingerprint density at radius 1 is 1.19 bits per heavy atom. The number of methoxy groups -OCH3 is 1. The lowest BCUT2D eigenvalue weighted by atomic mass is 9.75. The molecule has 6 heteroatoms. The number of hydrogen-bond donors (Lipinski definition) is 1. The van der Waals surface area contributed by atoms with Gasteiger partial charge in [-0.25, -0.2) is 9.59 Å². The Bertz CT molecular complexity index is 844. The van der Waals surface area contributed by atoms with Gasteiger partial charge in [0.2, 0.25) is 5.76 Å². The van der Waals surface area contributed by atoms with Gasteiger partial charge in [-0.05, 0) is 43.0 Å². The zero-order valence-corrected chi connectivity index (χ0v) is 15.3. The minimum absolute atomic E-state index is 0.0956. The van der Waals surface area contributed by atoms with Crippen molar-refractivity contribution in [2.75, 3.05) is 7.11 Å². The topological polar surface area (TPSA) is 86.0 Å². The summed E-state index contributed by atoms with van der Waals surface area (Å²) in [5.41, 5.74) is 1.57. The lowest BCUT2D eigenvalue weighted by Gasteiger charge is -2.31. The Balaban J connectivity index is 1.82. The number of rotatable bonds is 3. The van der Waals surface area contributed by atoms with Gasteiger partial charge in [-0.2, -0.15) is 0 Å². The van der Waals surface area contributed by atoms with E-state index in [1.807, 2.05) is 0 Å². The minimum Gasteiger partial charge on any atom is -0.465 e. The van der Waals surface area contributed by atoms with E-state index in [2.05, 4.69) is 18.6 Å². The Morgan fingerprint density at radius 2 is 1.85 bits per heavy atom. The zero-order chi connectivity index (χ0) is 19.1. The first-order valence-electron chi connectivity index (χ1n) is 8.42. The van der Waals surface area contributed by atoms with Crippen LogP contribution in [-0.4, -0.2) is 24.2 Å². The van der Waals surface area contributed by atoms with E-state index in [9.17, 15) is 14.7 Å². The van der Waals surface area contributed by atoms with E-state index in [0.29, 0.717) is 35.3 Å². The maximum Gasteiger partial charge on any atom is 0.379 e. The number of aliphatic hydroxyl groups is 1. The normalized spacial score (nSPS) is 18.1. The number of aliphatic hydroxyl groups excluding tert-OH is 1. The fourth-order valence-electron chi connectivity index (χ4n) is 3.41. The third-order valence-corrected chi connectivity index (χ3v) is 4.66. The second-order valence-corrected chi connectivity index (χ2v) is 7.36. The highest BCUT2D eigenvalue weighted by molar-refractivity contribution is 5.91. The van der Waals surface area contributed by atoms with Crippen LogP contribution in [0.2, 0.25) is 0 Å². The van der Waals surface area contributed by atoms with Crippen molar-refractivity contribution in [2.45, 2.75) is 39.7 Å². The fraction of sp³-hybridized carbons (Fsp3) is 0.400. The quantitative estimate of drug-likeness (QED) is 0.666. The summed E-state index contributed by atoms with van der Waals surface area (Å²) in [6.07, 6.45) is 0.615. The van der Waals surface area contributed by atoms with Crippen molar-refractivity contribution in [3.05, 3.63) is 52.5 Å². The molecule has 0 bridgehead atoms. The summed E-state index contributed by atoms with van der Waals surface area (Å²) in [4.78, 5) is 23.9. The summed E-state index contributed by atoms with van der Waals surface area (Å²) in [7, 11) is 1.30. The fourth-order valence-corrected chi connectivity index (χ4v) is 3.41. The Kier molecular flexibility index (Phi) is 4.63. The average Bonchev–Trinajstić information content (AvgIpc) is 2.90. The van der Waals surface area contributed by atoms with Crippen LogP contribution in [0.15, 0.2) is 28.7 Å². The number of fused-ring (bicyclic) bond motifs is 1. The molecule has 1 aromatic carbocycles. The predicted molar refractivity (Wildman–Crippen MR) is 93.2 cm³/mol. The molecule has 1 aliphatic rings. The van der Waals surface area contributed by atoms with E-state index in [1.165, 1.54) is 31.4 Å². The monoisotopic (exact) mass is 358 g/mol. The molecular formula is C20H22O6. The molecule has 0 amide bonds. The molecule has 0 fully saturated rings. The summed E-state index contributed by atoms with van der Waals surface area (Å²) < 4.78 is 15.7. The van der Waals surface area contributed by atoms with E-state index in [1.54, 1.807) is 6.92 Å². The molecule has 138 valence electrons. The molecule has 0 saturated heterocycles. The summed E-state index contributed by atoms with van der Waals surface area (Å²) in [5.74, 6) is -0.0675.